The number of ether oxygens (including phenoxy) is 4. The fraction of sp³-hybridized carbons (Fsp3) is 0.727. The molecule has 0 unspecified atom stereocenters. The minimum Gasteiger partial charge on any atom is -0.458 e. The average molecular weight is 301 g/mol. The third-order valence-corrected chi connectivity index (χ3v) is 2.49. The molecular formula is C11H15N3O7. The van der Waals surface area contributed by atoms with Crippen LogP contribution in [0.3, 0.4) is 0 Å². The van der Waals surface area contributed by atoms with Crippen molar-refractivity contribution in [3.05, 3.63) is 10.4 Å². The number of rotatable bonds is 4. The van der Waals surface area contributed by atoms with E-state index in [9.17, 15) is 14.4 Å². The maximum Gasteiger partial charge on any atom is 0.305 e. The molecule has 1 fully saturated rings. The summed E-state index contributed by atoms with van der Waals surface area (Å²) in [6.07, 6.45) is -3.58. The second-order valence-corrected chi connectivity index (χ2v) is 4.23. The van der Waals surface area contributed by atoms with Crippen molar-refractivity contribution in [1.29, 1.82) is 0 Å². The summed E-state index contributed by atoms with van der Waals surface area (Å²) in [5.74, 6) is -2.03. The molecule has 0 radical (unpaired) electrons. The number of hydrogen-bond donors (Lipinski definition) is 0. The van der Waals surface area contributed by atoms with Gasteiger partial charge in [-0.3, -0.25) is 14.4 Å². The van der Waals surface area contributed by atoms with E-state index in [2.05, 4.69) is 10.0 Å². The minimum absolute atomic E-state index is 0.155. The van der Waals surface area contributed by atoms with Crippen molar-refractivity contribution < 1.29 is 33.3 Å². The first-order chi connectivity index (χ1) is 9.85. The van der Waals surface area contributed by atoms with Gasteiger partial charge in [0.05, 0.1) is 6.61 Å². The smallest absolute Gasteiger partial charge is 0.305 e. The molecule has 0 aliphatic carbocycles. The monoisotopic (exact) mass is 301 g/mol. The van der Waals surface area contributed by atoms with E-state index in [0.29, 0.717) is 0 Å². The molecule has 1 rings (SSSR count). The van der Waals surface area contributed by atoms with Gasteiger partial charge in [0.2, 0.25) is 12.4 Å². The molecule has 1 aliphatic rings. The van der Waals surface area contributed by atoms with Crippen LogP contribution in [-0.2, 0) is 33.3 Å². The second kappa shape index (κ2) is 7.46. The van der Waals surface area contributed by atoms with E-state index in [1.54, 1.807) is 0 Å². The normalized spacial score (nSPS) is 28.0. The summed E-state index contributed by atoms with van der Waals surface area (Å²) in [5, 5.41) is 3.44. The highest BCUT2D eigenvalue weighted by molar-refractivity contribution is 5.68. The van der Waals surface area contributed by atoms with Crippen LogP contribution in [0, 0.1) is 0 Å². The van der Waals surface area contributed by atoms with Gasteiger partial charge >= 0.3 is 17.9 Å². The fourth-order valence-corrected chi connectivity index (χ4v) is 1.84. The molecule has 0 aromatic rings. The zero-order chi connectivity index (χ0) is 16.0. The topological polar surface area (TPSA) is 137 Å². The first-order valence-corrected chi connectivity index (χ1v) is 6.02. The van der Waals surface area contributed by atoms with Gasteiger partial charge in [-0.25, -0.2) is 0 Å². The third kappa shape index (κ3) is 4.93. The van der Waals surface area contributed by atoms with Crippen LogP contribution >= 0.6 is 0 Å². The Hall–Kier alpha value is -2.32. The summed E-state index contributed by atoms with van der Waals surface area (Å²) in [5.41, 5.74) is 8.52. The lowest BCUT2D eigenvalue weighted by atomic mass is 10.0. The molecule has 0 N–H and O–H groups in total. The van der Waals surface area contributed by atoms with Crippen molar-refractivity contribution in [2.24, 2.45) is 5.11 Å². The van der Waals surface area contributed by atoms with Crippen molar-refractivity contribution in [2.75, 3.05) is 6.61 Å². The lowest BCUT2D eigenvalue weighted by Crippen LogP contribution is -2.56. The Labute approximate surface area is 119 Å². The molecule has 0 spiro atoms. The Morgan fingerprint density at radius 1 is 1.05 bits per heavy atom. The van der Waals surface area contributed by atoms with Gasteiger partial charge in [0.15, 0.2) is 6.10 Å². The van der Waals surface area contributed by atoms with Gasteiger partial charge in [0.1, 0.15) is 6.04 Å². The number of esters is 3. The van der Waals surface area contributed by atoms with E-state index in [0.717, 1.165) is 20.8 Å². The van der Waals surface area contributed by atoms with Crippen LogP contribution in [0.15, 0.2) is 5.11 Å². The van der Waals surface area contributed by atoms with Crippen molar-refractivity contribution in [2.45, 2.75) is 45.3 Å². The van der Waals surface area contributed by atoms with Crippen molar-refractivity contribution in [3.8, 4) is 0 Å². The first-order valence-electron chi connectivity index (χ1n) is 6.02. The maximum atomic E-state index is 11.2. The van der Waals surface area contributed by atoms with E-state index < -0.39 is 42.4 Å². The number of azide groups is 1. The summed E-state index contributed by atoms with van der Waals surface area (Å²) in [6, 6.07) is -0.907. The van der Waals surface area contributed by atoms with Crippen LogP contribution in [-0.4, -0.2) is 49.1 Å². The van der Waals surface area contributed by atoms with Gasteiger partial charge in [0, 0.05) is 25.7 Å². The van der Waals surface area contributed by atoms with Gasteiger partial charge in [0.25, 0.3) is 0 Å². The zero-order valence-electron chi connectivity index (χ0n) is 11.7. The molecular weight excluding hydrogens is 286 g/mol. The molecule has 0 aromatic carbocycles. The van der Waals surface area contributed by atoms with Crippen LogP contribution in [0.25, 0.3) is 10.4 Å². The van der Waals surface area contributed by atoms with E-state index in [1.807, 2.05) is 0 Å². The number of hydrogen-bond acceptors (Lipinski definition) is 8. The first kappa shape index (κ1) is 16.7. The molecule has 21 heavy (non-hydrogen) atoms. The highest BCUT2D eigenvalue weighted by atomic mass is 16.7. The minimum atomic E-state index is -1.25. The van der Waals surface area contributed by atoms with Crippen molar-refractivity contribution in [3.63, 3.8) is 0 Å². The van der Waals surface area contributed by atoms with Crippen LogP contribution in [0.5, 0.6) is 0 Å². The molecule has 10 nitrogen and oxygen atoms in total. The van der Waals surface area contributed by atoms with E-state index in [-0.39, 0.29) is 6.61 Å². The lowest BCUT2D eigenvalue weighted by Gasteiger charge is -2.38. The van der Waals surface area contributed by atoms with Crippen molar-refractivity contribution in [1.82, 2.24) is 0 Å². The molecule has 1 heterocycles. The Bertz CT molecular complexity index is 474. The molecule has 10 heteroatoms. The van der Waals surface area contributed by atoms with Crippen molar-refractivity contribution >= 4 is 17.9 Å². The Balaban J connectivity index is 3.05. The third-order valence-electron chi connectivity index (χ3n) is 2.49. The summed E-state index contributed by atoms with van der Waals surface area (Å²) >= 11 is 0. The van der Waals surface area contributed by atoms with Crippen LogP contribution in [0.2, 0.25) is 0 Å². The standard InChI is InChI=1S/C11H15N3O7/c1-5(15)19-9-8(13-14-12)4-18-11(21-7(3)17)10(9)20-6(2)16/h8-11H,4H2,1-3H3/t8-,9-,10+,11+/m0/s1. The highest BCUT2D eigenvalue weighted by Crippen LogP contribution is 2.25. The van der Waals surface area contributed by atoms with E-state index in [1.165, 1.54) is 0 Å². The molecule has 1 aliphatic heterocycles. The fourth-order valence-electron chi connectivity index (χ4n) is 1.84. The molecule has 1 saturated heterocycles. The predicted molar refractivity (Wildman–Crippen MR) is 65.5 cm³/mol. The maximum absolute atomic E-state index is 11.2. The van der Waals surface area contributed by atoms with Gasteiger partial charge in [-0.05, 0) is 5.53 Å². The summed E-state index contributed by atoms with van der Waals surface area (Å²) in [6.45, 7) is 3.27. The average Bonchev–Trinajstić information content (AvgIpc) is 2.35. The van der Waals surface area contributed by atoms with Gasteiger partial charge < -0.3 is 18.9 Å². The van der Waals surface area contributed by atoms with E-state index in [4.69, 9.17) is 24.5 Å². The quantitative estimate of drug-likeness (QED) is 0.241. The van der Waals surface area contributed by atoms with Crippen LogP contribution in [0.4, 0.5) is 0 Å². The molecule has 0 saturated carbocycles. The SMILES string of the molecule is CC(=O)O[C@H]1OC[C@H](N=[N+]=[N-])[C@H](OC(C)=O)[C@H]1OC(C)=O. The molecule has 116 valence electrons. The largest absolute Gasteiger partial charge is 0.458 e. The number of carbonyl (C=O) groups excluding carboxylic acids is 3. The predicted octanol–water partition coefficient (Wildman–Crippen LogP) is 0.448. The molecule has 0 amide bonds. The Kier molecular flexibility index (Phi) is 5.94. The summed E-state index contributed by atoms with van der Waals surface area (Å²) in [4.78, 5) is 36.0. The van der Waals surface area contributed by atoms with Crippen LogP contribution < -0.4 is 0 Å². The Morgan fingerprint density at radius 3 is 2.05 bits per heavy atom. The van der Waals surface area contributed by atoms with Gasteiger partial charge in [-0.2, -0.15) is 0 Å². The lowest BCUT2D eigenvalue weighted by molar-refractivity contribution is -0.252. The number of nitrogens with zero attached hydrogens (tertiary/aromatic N) is 3. The summed E-state index contributed by atoms with van der Waals surface area (Å²) < 4.78 is 20.1. The van der Waals surface area contributed by atoms with Crippen LogP contribution in [0.1, 0.15) is 20.8 Å². The van der Waals surface area contributed by atoms with Gasteiger partial charge in [-0.15, -0.1) is 0 Å². The summed E-state index contributed by atoms with van der Waals surface area (Å²) in [7, 11) is 0. The molecule has 4 atom stereocenters. The zero-order valence-corrected chi connectivity index (χ0v) is 11.7. The second-order valence-electron chi connectivity index (χ2n) is 4.23. The van der Waals surface area contributed by atoms with Gasteiger partial charge in [-0.1, -0.05) is 5.11 Å². The Morgan fingerprint density at radius 2 is 1.57 bits per heavy atom. The molecule has 0 bridgehead atoms. The molecule has 0 aromatic heterocycles. The van der Waals surface area contributed by atoms with E-state index >= 15 is 0 Å². The highest BCUT2D eigenvalue weighted by Gasteiger charge is 2.46. The number of carbonyl (C=O) groups is 3.